The van der Waals surface area contributed by atoms with E-state index in [2.05, 4.69) is 0 Å². The van der Waals surface area contributed by atoms with Gasteiger partial charge in [0.25, 0.3) is 5.91 Å². The van der Waals surface area contributed by atoms with Crippen LogP contribution in [0.2, 0.25) is 0 Å². The number of hydrogen-bond acceptors (Lipinski definition) is 3. The van der Waals surface area contributed by atoms with Gasteiger partial charge in [0.15, 0.2) is 5.82 Å². The fourth-order valence-corrected chi connectivity index (χ4v) is 2.11. The molecule has 2 amide bonds. The van der Waals surface area contributed by atoms with Crippen molar-refractivity contribution in [1.29, 1.82) is 0 Å². The average molecular weight is 269 g/mol. The monoisotopic (exact) mass is 269 g/mol. The zero-order valence-corrected chi connectivity index (χ0v) is 10.0. The second-order valence-corrected chi connectivity index (χ2v) is 4.50. The minimum atomic E-state index is -0.950. The van der Waals surface area contributed by atoms with E-state index in [-0.39, 0.29) is 13.1 Å². The summed E-state index contributed by atoms with van der Waals surface area (Å²) in [7, 11) is 0. The van der Waals surface area contributed by atoms with E-state index >= 15 is 0 Å². The van der Waals surface area contributed by atoms with Gasteiger partial charge in [0.05, 0.1) is 17.2 Å². The van der Waals surface area contributed by atoms with Gasteiger partial charge >= 0.3 is 0 Å². The summed E-state index contributed by atoms with van der Waals surface area (Å²) in [4.78, 5) is 24.3. The number of primary amides is 1. The van der Waals surface area contributed by atoms with Gasteiger partial charge in [0.1, 0.15) is 5.82 Å². The predicted molar refractivity (Wildman–Crippen MR) is 64.0 cm³/mol. The van der Waals surface area contributed by atoms with Gasteiger partial charge in [0, 0.05) is 13.1 Å². The molecule has 1 atom stereocenters. The van der Waals surface area contributed by atoms with Gasteiger partial charge in [-0.3, -0.25) is 9.59 Å². The van der Waals surface area contributed by atoms with Gasteiger partial charge in [-0.05, 0) is 18.6 Å². The molecule has 1 aliphatic heterocycles. The summed E-state index contributed by atoms with van der Waals surface area (Å²) in [5, 5.41) is 0. The lowest BCUT2D eigenvalue weighted by Gasteiger charge is -2.16. The molecule has 2 rings (SSSR count). The Balaban J connectivity index is 2.24. The van der Waals surface area contributed by atoms with Crippen LogP contribution in [0.1, 0.15) is 16.8 Å². The van der Waals surface area contributed by atoms with Crippen molar-refractivity contribution in [1.82, 2.24) is 4.90 Å². The smallest absolute Gasteiger partial charge is 0.257 e. The third kappa shape index (κ3) is 2.49. The van der Waals surface area contributed by atoms with Crippen LogP contribution in [0.5, 0.6) is 0 Å². The lowest BCUT2D eigenvalue weighted by Crippen LogP contribution is -2.32. The molecule has 1 aromatic rings. The van der Waals surface area contributed by atoms with Crippen LogP contribution >= 0.6 is 0 Å². The number of carbonyl (C=O) groups is 2. The second kappa shape index (κ2) is 4.83. The van der Waals surface area contributed by atoms with Crippen molar-refractivity contribution >= 4 is 17.5 Å². The Morgan fingerprint density at radius 2 is 2.00 bits per heavy atom. The van der Waals surface area contributed by atoms with Gasteiger partial charge in [-0.1, -0.05) is 0 Å². The molecule has 0 saturated carbocycles. The molecule has 102 valence electrons. The highest BCUT2D eigenvalue weighted by Gasteiger charge is 2.31. The quantitative estimate of drug-likeness (QED) is 0.766. The highest BCUT2D eigenvalue weighted by Crippen LogP contribution is 2.23. The SMILES string of the molecule is NC(=O)C1CCN(C(=O)c2cc(F)cc(N)c2F)C1. The predicted octanol–water partition coefficient (Wildman–Crippen LogP) is 0.494. The van der Waals surface area contributed by atoms with Crippen LogP contribution in [0, 0.1) is 17.6 Å². The van der Waals surface area contributed by atoms with Crippen molar-refractivity contribution in [3.8, 4) is 0 Å². The van der Waals surface area contributed by atoms with Gasteiger partial charge in [-0.15, -0.1) is 0 Å². The van der Waals surface area contributed by atoms with Crippen LogP contribution in [0.15, 0.2) is 12.1 Å². The summed E-state index contributed by atoms with van der Waals surface area (Å²) < 4.78 is 26.9. The molecular weight excluding hydrogens is 256 g/mol. The van der Waals surface area contributed by atoms with Crippen molar-refractivity contribution in [2.24, 2.45) is 11.7 Å². The van der Waals surface area contributed by atoms with Crippen molar-refractivity contribution in [2.75, 3.05) is 18.8 Å². The van der Waals surface area contributed by atoms with E-state index in [9.17, 15) is 18.4 Å². The number of anilines is 1. The third-order valence-electron chi connectivity index (χ3n) is 3.17. The molecule has 1 heterocycles. The Labute approximate surface area is 108 Å². The van der Waals surface area contributed by atoms with Crippen LogP contribution in [0.4, 0.5) is 14.5 Å². The zero-order chi connectivity index (χ0) is 14.2. The Hall–Kier alpha value is -2.18. The number of nitrogen functional groups attached to an aromatic ring is 1. The molecule has 0 spiro atoms. The van der Waals surface area contributed by atoms with Crippen LogP contribution < -0.4 is 11.5 Å². The lowest BCUT2D eigenvalue weighted by atomic mass is 10.1. The van der Waals surface area contributed by atoms with Crippen molar-refractivity contribution in [2.45, 2.75) is 6.42 Å². The molecule has 1 unspecified atom stereocenters. The summed E-state index contributed by atoms with van der Waals surface area (Å²) in [6.45, 7) is 0.395. The first-order chi connectivity index (χ1) is 8.90. The number of carbonyl (C=O) groups excluding carboxylic acids is 2. The number of nitrogens with zero attached hydrogens (tertiary/aromatic N) is 1. The fraction of sp³-hybridized carbons (Fsp3) is 0.333. The molecule has 1 aliphatic rings. The van der Waals surface area contributed by atoms with Crippen LogP contribution in [0.3, 0.4) is 0 Å². The first-order valence-electron chi connectivity index (χ1n) is 5.73. The number of amides is 2. The minimum Gasteiger partial charge on any atom is -0.396 e. The molecule has 7 heteroatoms. The van der Waals surface area contributed by atoms with E-state index < -0.39 is 40.6 Å². The third-order valence-corrected chi connectivity index (χ3v) is 3.17. The number of rotatable bonds is 2. The Bertz CT molecular complexity index is 548. The molecule has 4 N–H and O–H groups in total. The van der Waals surface area contributed by atoms with E-state index in [1.165, 1.54) is 4.90 Å². The first-order valence-corrected chi connectivity index (χ1v) is 5.73. The Morgan fingerprint density at radius 3 is 2.58 bits per heavy atom. The van der Waals surface area contributed by atoms with Crippen LogP contribution in [0.25, 0.3) is 0 Å². The van der Waals surface area contributed by atoms with Gasteiger partial charge < -0.3 is 16.4 Å². The molecule has 0 radical (unpaired) electrons. The van der Waals surface area contributed by atoms with E-state index in [0.29, 0.717) is 6.42 Å². The maximum Gasteiger partial charge on any atom is 0.257 e. The van der Waals surface area contributed by atoms with E-state index in [1.54, 1.807) is 0 Å². The topological polar surface area (TPSA) is 89.4 Å². The molecule has 0 bridgehead atoms. The van der Waals surface area contributed by atoms with E-state index in [0.717, 1.165) is 12.1 Å². The molecule has 1 fully saturated rings. The van der Waals surface area contributed by atoms with Gasteiger partial charge in [-0.25, -0.2) is 8.78 Å². The summed E-state index contributed by atoms with van der Waals surface area (Å²) in [5.41, 5.74) is 9.57. The number of hydrogen-bond donors (Lipinski definition) is 2. The molecule has 19 heavy (non-hydrogen) atoms. The van der Waals surface area contributed by atoms with Gasteiger partial charge in [0.2, 0.25) is 5.91 Å². The molecule has 5 nitrogen and oxygen atoms in total. The first kappa shape index (κ1) is 13.3. The average Bonchev–Trinajstić information content (AvgIpc) is 2.82. The highest BCUT2D eigenvalue weighted by atomic mass is 19.1. The normalized spacial score (nSPS) is 18.6. The van der Waals surface area contributed by atoms with Crippen molar-refractivity contribution in [3.63, 3.8) is 0 Å². The highest BCUT2D eigenvalue weighted by molar-refractivity contribution is 5.96. The minimum absolute atomic E-state index is 0.115. The summed E-state index contributed by atoms with van der Waals surface area (Å²) in [6, 6.07) is 1.61. The fourth-order valence-electron chi connectivity index (χ4n) is 2.11. The van der Waals surface area contributed by atoms with Gasteiger partial charge in [-0.2, -0.15) is 0 Å². The molecule has 0 aromatic heterocycles. The standard InChI is InChI=1S/C12H13F2N3O2/c13-7-3-8(10(14)9(15)4-7)12(19)17-2-1-6(5-17)11(16)18/h3-4,6H,1-2,5,15H2,(H2,16,18). The molecule has 0 aliphatic carbocycles. The summed E-state index contributed by atoms with van der Waals surface area (Å²) in [5.74, 6) is -3.37. The van der Waals surface area contributed by atoms with Crippen molar-refractivity contribution in [3.05, 3.63) is 29.3 Å². The van der Waals surface area contributed by atoms with E-state index in [1.807, 2.05) is 0 Å². The van der Waals surface area contributed by atoms with Crippen LogP contribution in [-0.2, 0) is 4.79 Å². The van der Waals surface area contributed by atoms with Crippen LogP contribution in [-0.4, -0.2) is 29.8 Å². The lowest BCUT2D eigenvalue weighted by molar-refractivity contribution is -0.121. The molecular formula is C12H13F2N3O2. The summed E-state index contributed by atoms with van der Waals surface area (Å²) >= 11 is 0. The maximum absolute atomic E-state index is 13.7. The Morgan fingerprint density at radius 1 is 1.32 bits per heavy atom. The second-order valence-electron chi connectivity index (χ2n) is 4.50. The Kier molecular flexibility index (Phi) is 3.37. The molecule has 1 aromatic carbocycles. The maximum atomic E-state index is 13.7. The number of halogens is 2. The summed E-state index contributed by atoms with van der Waals surface area (Å²) in [6.07, 6.45) is 0.424. The molecule has 1 saturated heterocycles. The number of likely N-dealkylation sites (tertiary alicyclic amines) is 1. The number of benzene rings is 1. The number of nitrogens with two attached hydrogens (primary N) is 2. The van der Waals surface area contributed by atoms with E-state index in [4.69, 9.17) is 11.5 Å². The zero-order valence-electron chi connectivity index (χ0n) is 10.0. The largest absolute Gasteiger partial charge is 0.396 e. The van der Waals surface area contributed by atoms with Crippen molar-refractivity contribution < 1.29 is 18.4 Å².